The van der Waals surface area contributed by atoms with Gasteiger partial charge in [0.05, 0.1) is 0 Å². The van der Waals surface area contributed by atoms with Crippen LogP contribution in [0.4, 0.5) is 0 Å². The summed E-state index contributed by atoms with van der Waals surface area (Å²) < 4.78 is 0. The Bertz CT molecular complexity index is 158. The molecule has 0 aromatic heterocycles. The molecule has 0 heterocycles. The molecule has 0 spiro atoms. The molecule has 0 fully saturated rings. The minimum absolute atomic E-state index is 0.255. The van der Waals surface area contributed by atoms with Crippen molar-refractivity contribution >= 4 is 11.8 Å². The Labute approximate surface area is 65.0 Å². The topological polar surface area (TPSA) is 69.6 Å². The molecule has 5 heteroatoms. The quantitative estimate of drug-likeness (QED) is 0.503. The zero-order valence-electron chi connectivity index (χ0n) is 6.63. The number of likely N-dealkylation sites (N-methyl/N-ethyl adjacent to an activating group) is 1. The van der Waals surface area contributed by atoms with E-state index in [0.29, 0.717) is 6.42 Å². The molecule has 0 unspecified atom stereocenters. The van der Waals surface area contributed by atoms with Gasteiger partial charge in [-0.05, 0) is 0 Å². The molecule has 64 valence electrons. The molecule has 0 rings (SSSR count). The second-order valence-electron chi connectivity index (χ2n) is 2.00. The Balaban J connectivity index is 3.77. The molecule has 0 aliphatic carbocycles. The van der Waals surface area contributed by atoms with E-state index >= 15 is 0 Å². The van der Waals surface area contributed by atoms with Gasteiger partial charge in [0.25, 0.3) is 5.91 Å². The third kappa shape index (κ3) is 3.57. The van der Waals surface area contributed by atoms with E-state index in [1.165, 1.54) is 7.05 Å². The smallest absolute Gasteiger partial charge is 0.266 e. The molecule has 0 radical (unpaired) electrons. The Morgan fingerprint density at radius 1 is 1.55 bits per heavy atom. The highest BCUT2D eigenvalue weighted by Crippen LogP contribution is 1.80. The lowest BCUT2D eigenvalue weighted by Gasteiger charge is -2.15. The molecule has 2 N–H and O–H groups in total. The van der Waals surface area contributed by atoms with Crippen LogP contribution in [-0.4, -0.2) is 35.6 Å². The van der Waals surface area contributed by atoms with Gasteiger partial charge in [-0.15, -0.1) is 0 Å². The first-order valence-electron chi connectivity index (χ1n) is 3.28. The SMILES string of the molecule is CCC(=O)NN(C)C(=O)CO. The number of rotatable bonds is 2. The van der Waals surface area contributed by atoms with Crippen molar-refractivity contribution in [2.75, 3.05) is 13.7 Å². The van der Waals surface area contributed by atoms with Crippen LogP contribution < -0.4 is 5.43 Å². The minimum atomic E-state index is -0.597. The number of hydrazine groups is 1. The third-order valence-corrected chi connectivity index (χ3v) is 1.12. The number of aliphatic hydroxyl groups excluding tert-OH is 1. The van der Waals surface area contributed by atoms with Crippen LogP contribution in [0.25, 0.3) is 0 Å². The van der Waals surface area contributed by atoms with Crippen molar-refractivity contribution in [2.45, 2.75) is 13.3 Å². The molecule has 0 saturated carbocycles. The molecule has 0 aromatic carbocycles. The molecule has 5 nitrogen and oxygen atoms in total. The first-order valence-corrected chi connectivity index (χ1v) is 3.28. The Hall–Kier alpha value is -1.10. The van der Waals surface area contributed by atoms with Crippen molar-refractivity contribution in [1.29, 1.82) is 0 Å². The fourth-order valence-electron chi connectivity index (χ4n) is 0.435. The zero-order valence-corrected chi connectivity index (χ0v) is 6.63. The van der Waals surface area contributed by atoms with Gasteiger partial charge in [-0.2, -0.15) is 0 Å². The molecule has 0 saturated heterocycles. The summed E-state index contributed by atoms with van der Waals surface area (Å²) in [5.41, 5.74) is 2.27. The number of nitrogens with one attached hydrogen (secondary N) is 1. The van der Waals surface area contributed by atoms with E-state index in [2.05, 4.69) is 5.43 Å². The normalized spacial score (nSPS) is 9.00. The number of hydrogen-bond acceptors (Lipinski definition) is 3. The fraction of sp³-hybridized carbons (Fsp3) is 0.667. The summed E-state index contributed by atoms with van der Waals surface area (Å²) in [6.45, 7) is 1.08. The monoisotopic (exact) mass is 160 g/mol. The van der Waals surface area contributed by atoms with E-state index in [1.54, 1.807) is 6.92 Å². The van der Waals surface area contributed by atoms with Crippen LogP contribution >= 0.6 is 0 Å². The highest BCUT2D eigenvalue weighted by molar-refractivity contribution is 5.82. The standard InChI is InChI=1S/C6H12N2O3/c1-3-5(10)7-8(2)6(11)4-9/h9H,3-4H2,1-2H3,(H,7,10). The van der Waals surface area contributed by atoms with Crippen LogP contribution in [0.3, 0.4) is 0 Å². The summed E-state index contributed by atoms with van der Waals surface area (Å²) in [6, 6.07) is 0. The average molecular weight is 160 g/mol. The van der Waals surface area contributed by atoms with Gasteiger partial charge in [0.2, 0.25) is 5.91 Å². The Morgan fingerprint density at radius 2 is 2.09 bits per heavy atom. The average Bonchev–Trinajstić information content (AvgIpc) is 2.02. The van der Waals surface area contributed by atoms with E-state index in [9.17, 15) is 9.59 Å². The molecule has 0 bridgehead atoms. The molecule has 0 aliphatic heterocycles. The lowest BCUT2D eigenvalue weighted by molar-refractivity contribution is -0.141. The van der Waals surface area contributed by atoms with Crippen molar-refractivity contribution in [3.63, 3.8) is 0 Å². The minimum Gasteiger partial charge on any atom is -0.386 e. The molecular formula is C6H12N2O3. The number of carbonyl (C=O) groups excluding carboxylic acids is 2. The maximum atomic E-state index is 10.7. The third-order valence-electron chi connectivity index (χ3n) is 1.12. The van der Waals surface area contributed by atoms with E-state index in [0.717, 1.165) is 5.01 Å². The Kier molecular flexibility index (Phi) is 4.21. The summed E-state index contributed by atoms with van der Waals surface area (Å²) in [4.78, 5) is 21.3. The number of amides is 2. The number of carbonyl (C=O) groups is 2. The highest BCUT2D eigenvalue weighted by Gasteiger charge is 2.07. The summed E-state index contributed by atoms with van der Waals surface area (Å²) in [5.74, 6) is -0.791. The van der Waals surface area contributed by atoms with Gasteiger partial charge in [0.1, 0.15) is 6.61 Å². The molecule has 0 aromatic rings. The molecular weight excluding hydrogens is 148 g/mol. The Morgan fingerprint density at radius 3 is 2.45 bits per heavy atom. The number of aliphatic hydroxyl groups is 1. The maximum Gasteiger partial charge on any atom is 0.266 e. The van der Waals surface area contributed by atoms with Gasteiger partial charge in [-0.25, -0.2) is 0 Å². The molecule has 0 aliphatic rings. The predicted molar refractivity (Wildman–Crippen MR) is 38.3 cm³/mol. The molecule has 2 amide bonds. The van der Waals surface area contributed by atoms with Crippen molar-refractivity contribution in [3.8, 4) is 0 Å². The predicted octanol–water partition coefficient (Wildman–Crippen LogP) is -1.12. The lowest BCUT2D eigenvalue weighted by atomic mass is 10.5. The van der Waals surface area contributed by atoms with Crippen molar-refractivity contribution in [1.82, 2.24) is 10.4 Å². The van der Waals surface area contributed by atoms with Gasteiger partial charge < -0.3 is 5.11 Å². The van der Waals surface area contributed by atoms with Crippen LogP contribution in [0.2, 0.25) is 0 Å². The lowest BCUT2D eigenvalue weighted by Crippen LogP contribution is -2.44. The second-order valence-corrected chi connectivity index (χ2v) is 2.00. The number of hydrogen-bond donors (Lipinski definition) is 2. The van der Waals surface area contributed by atoms with Gasteiger partial charge in [-0.3, -0.25) is 20.0 Å². The molecule has 11 heavy (non-hydrogen) atoms. The van der Waals surface area contributed by atoms with E-state index < -0.39 is 12.5 Å². The van der Waals surface area contributed by atoms with Crippen molar-refractivity contribution < 1.29 is 14.7 Å². The van der Waals surface area contributed by atoms with Crippen molar-refractivity contribution in [2.24, 2.45) is 0 Å². The maximum absolute atomic E-state index is 10.7. The second kappa shape index (κ2) is 4.68. The van der Waals surface area contributed by atoms with Gasteiger partial charge in [-0.1, -0.05) is 6.92 Å². The van der Waals surface area contributed by atoms with Crippen molar-refractivity contribution in [3.05, 3.63) is 0 Å². The highest BCUT2D eigenvalue weighted by atomic mass is 16.3. The van der Waals surface area contributed by atoms with Gasteiger partial charge in [0, 0.05) is 13.5 Å². The van der Waals surface area contributed by atoms with Gasteiger partial charge in [0.15, 0.2) is 0 Å². The van der Waals surface area contributed by atoms with Crippen LogP contribution in [0.1, 0.15) is 13.3 Å². The molecule has 0 atom stereocenters. The first-order chi connectivity index (χ1) is 5.11. The van der Waals surface area contributed by atoms with Gasteiger partial charge >= 0.3 is 0 Å². The van der Waals surface area contributed by atoms with Crippen LogP contribution in [0, 0.1) is 0 Å². The summed E-state index contributed by atoms with van der Waals surface area (Å²) in [7, 11) is 1.38. The zero-order chi connectivity index (χ0) is 8.85. The van der Waals surface area contributed by atoms with Crippen LogP contribution in [-0.2, 0) is 9.59 Å². The fourth-order valence-corrected chi connectivity index (χ4v) is 0.435. The largest absolute Gasteiger partial charge is 0.386 e. The summed E-state index contributed by atoms with van der Waals surface area (Å²) in [5, 5.41) is 9.31. The van der Waals surface area contributed by atoms with E-state index in [1.807, 2.05) is 0 Å². The first kappa shape index (κ1) is 9.90. The van der Waals surface area contributed by atoms with Crippen LogP contribution in [0.15, 0.2) is 0 Å². The van der Waals surface area contributed by atoms with Crippen LogP contribution in [0.5, 0.6) is 0 Å². The summed E-state index contributed by atoms with van der Waals surface area (Å²) in [6.07, 6.45) is 0.309. The summed E-state index contributed by atoms with van der Waals surface area (Å²) >= 11 is 0. The number of nitrogens with zero attached hydrogens (tertiary/aromatic N) is 1. The van der Waals surface area contributed by atoms with E-state index in [-0.39, 0.29) is 5.91 Å². The van der Waals surface area contributed by atoms with E-state index in [4.69, 9.17) is 5.11 Å².